The van der Waals surface area contributed by atoms with Crippen molar-refractivity contribution in [3.05, 3.63) is 36.0 Å². The molecule has 2 rings (SSSR count). The minimum absolute atomic E-state index is 0. The molecular weight excluding hydrogens is 759 g/mol. The van der Waals surface area contributed by atoms with Gasteiger partial charge in [-0.2, -0.15) is 0 Å². The smallest absolute Gasteiger partial charge is 0.457 e. The number of carboxylic acid groups (broad SMARTS) is 1. The molecule has 8 atom stereocenters. The van der Waals surface area contributed by atoms with Gasteiger partial charge in [0.2, 0.25) is 0 Å². The molecule has 8 unspecified atom stereocenters. The van der Waals surface area contributed by atoms with Gasteiger partial charge in [0.05, 0.1) is 12.2 Å². The van der Waals surface area contributed by atoms with Gasteiger partial charge in [-0.1, -0.05) is 93.0 Å². The largest absolute Gasteiger partial charge is 0.506 e. The third-order valence-corrected chi connectivity index (χ3v) is 8.88. The Kier molecular flexibility index (Phi) is 12.7. The van der Waals surface area contributed by atoms with Crippen LogP contribution in [0.15, 0.2) is 36.0 Å². The van der Waals surface area contributed by atoms with Gasteiger partial charge in [0.1, 0.15) is 12.2 Å². The Morgan fingerprint density at radius 1 is 1.25 bits per heavy atom. The van der Waals surface area contributed by atoms with Crippen LogP contribution >= 0.6 is 0 Å². The van der Waals surface area contributed by atoms with Crippen LogP contribution < -0.4 is 0 Å². The minimum atomic E-state index is -1.28. The molecular formula is C33H54O6Rf. The SMILES string of the molecule is CCC(C)C(C)C1OC1CC(C)(C)/C=C/C=C(\C)C1OC(=O)CC(C)CCC(C)(C)C(OC(=O)O)/C=C/C1C.[Rf]. The van der Waals surface area contributed by atoms with Gasteiger partial charge < -0.3 is 19.3 Å². The molecule has 0 bridgehead atoms. The van der Waals surface area contributed by atoms with E-state index in [9.17, 15) is 14.7 Å². The predicted molar refractivity (Wildman–Crippen MR) is 156 cm³/mol. The number of hydrogen-bond donors (Lipinski definition) is 1. The molecule has 6 nitrogen and oxygen atoms in total. The zero-order valence-corrected chi connectivity index (χ0v) is 33.1. The van der Waals surface area contributed by atoms with Gasteiger partial charge in [0.15, 0.2) is 0 Å². The van der Waals surface area contributed by atoms with Crippen molar-refractivity contribution in [2.75, 3.05) is 0 Å². The first-order valence-electron chi connectivity index (χ1n) is 14.8. The number of rotatable bonds is 9. The number of carbonyl (C=O) groups is 2. The standard InChI is InChI=1S/C33H54O6.Rf/c1-11-22(3)25(6)30-26(37-30)20-32(7,8)17-12-13-23(4)29-24(5)14-15-27(38-31(35)36)33(9,10)18-16-21(2)19-28(34)39-29;/h12-15,17,21-22,24-27,29-30H,11,16,18-20H2,1-10H3,(H,35,36);/b15-14+,17-12+,23-13+;. The van der Waals surface area contributed by atoms with E-state index in [1.54, 1.807) is 0 Å². The number of esters is 1. The predicted octanol–water partition coefficient (Wildman–Crippen LogP) is 8.37. The van der Waals surface area contributed by atoms with Crippen molar-refractivity contribution in [1.29, 1.82) is 0 Å². The Morgan fingerprint density at radius 2 is 1.90 bits per heavy atom. The fourth-order valence-corrected chi connectivity index (χ4v) is 5.52. The first-order chi connectivity index (χ1) is 18.1. The average Bonchev–Trinajstić information content (AvgIpc) is 3.59. The quantitative estimate of drug-likeness (QED) is 0.109. The number of epoxide rings is 1. The van der Waals surface area contributed by atoms with Crippen molar-refractivity contribution in [1.82, 2.24) is 0 Å². The van der Waals surface area contributed by atoms with Crippen LogP contribution in [-0.4, -0.2) is 41.6 Å². The first kappa shape index (κ1) is 34.9. The van der Waals surface area contributed by atoms with Gasteiger partial charge in [-0.3, -0.25) is 4.79 Å². The molecule has 40 heavy (non-hydrogen) atoms. The number of cyclic esters (lactones) is 1. The third-order valence-electron chi connectivity index (χ3n) is 8.88. The number of carbonyl (C=O) groups excluding carboxylic acids is 1. The van der Waals surface area contributed by atoms with Crippen LogP contribution in [0.3, 0.4) is 0 Å². The van der Waals surface area contributed by atoms with E-state index in [0.29, 0.717) is 30.5 Å². The fraction of sp³-hybridized carbons (Fsp3) is 0.758. The van der Waals surface area contributed by atoms with Gasteiger partial charge in [-0.25, -0.2) is 4.79 Å². The van der Waals surface area contributed by atoms with Crippen LogP contribution in [0, 0.1) is 34.5 Å². The van der Waals surface area contributed by atoms with Crippen molar-refractivity contribution in [2.45, 2.75) is 126 Å². The zero-order chi connectivity index (χ0) is 29.5. The van der Waals surface area contributed by atoms with Crippen molar-refractivity contribution in [2.24, 2.45) is 34.5 Å². The molecule has 1 N–H and O–H groups in total. The summed E-state index contributed by atoms with van der Waals surface area (Å²) in [4.78, 5) is 24.3. The summed E-state index contributed by atoms with van der Waals surface area (Å²) in [6, 6.07) is 0. The summed E-state index contributed by atoms with van der Waals surface area (Å²) >= 11 is 0. The average molecular weight is 814 g/mol. The molecule has 0 aromatic heterocycles. The number of hydrogen-bond acceptors (Lipinski definition) is 5. The summed E-state index contributed by atoms with van der Waals surface area (Å²) in [7, 11) is 0. The van der Waals surface area contributed by atoms with Crippen LogP contribution in [0.1, 0.15) is 101 Å². The molecule has 0 saturated carbocycles. The van der Waals surface area contributed by atoms with Crippen molar-refractivity contribution in [3.8, 4) is 0 Å². The number of ether oxygens (including phenoxy) is 3. The van der Waals surface area contributed by atoms with E-state index in [1.807, 2.05) is 52.8 Å². The summed E-state index contributed by atoms with van der Waals surface area (Å²) in [6.45, 7) is 21.3. The third kappa shape index (κ3) is 10.5. The van der Waals surface area contributed by atoms with Crippen LogP contribution in [0.25, 0.3) is 0 Å². The van der Waals surface area contributed by atoms with Crippen molar-refractivity contribution in [3.63, 3.8) is 0 Å². The molecule has 0 aliphatic carbocycles. The van der Waals surface area contributed by atoms with Crippen LogP contribution in [0.2, 0.25) is 0 Å². The molecule has 7 heteroatoms. The molecule has 2 aliphatic rings. The first-order valence-corrected chi connectivity index (χ1v) is 14.8. The van der Waals surface area contributed by atoms with Gasteiger partial charge in [0.25, 0.3) is 0 Å². The van der Waals surface area contributed by atoms with E-state index in [-0.39, 0.29) is 23.2 Å². The Hall–Kier alpha value is -3.08. The fourth-order valence-electron chi connectivity index (χ4n) is 5.52. The van der Waals surface area contributed by atoms with Crippen LogP contribution in [-0.2, 0) is 19.0 Å². The Balaban J connectivity index is 0.00000800. The maximum Gasteiger partial charge on any atom is 0.506 e. The minimum Gasteiger partial charge on any atom is -0.457 e. The van der Waals surface area contributed by atoms with E-state index in [1.165, 1.54) is 6.42 Å². The van der Waals surface area contributed by atoms with E-state index >= 15 is 0 Å². The molecule has 0 aromatic rings. The van der Waals surface area contributed by atoms with Gasteiger partial charge in [-0.05, 0) is 61.0 Å². The van der Waals surface area contributed by atoms with E-state index in [2.05, 4.69) is 46.8 Å². The van der Waals surface area contributed by atoms with Crippen LogP contribution in [0.5, 0.6) is 0 Å². The molecule has 224 valence electrons. The summed E-state index contributed by atoms with van der Waals surface area (Å²) in [5.41, 5.74) is 0.526. The Bertz CT molecular complexity index is 920. The molecule has 1 fully saturated rings. The van der Waals surface area contributed by atoms with Gasteiger partial charge >= 0.3 is 12.1 Å². The molecule has 0 radical (unpaired) electrons. The number of allylic oxidation sites excluding steroid dienone is 3. The monoisotopic (exact) mass is 814 g/mol. The van der Waals surface area contributed by atoms with E-state index in [4.69, 9.17) is 14.2 Å². The van der Waals surface area contributed by atoms with Gasteiger partial charge in [0, 0.05) is 17.8 Å². The summed E-state index contributed by atoms with van der Waals surface area (Å²) in [5, 5.41) is 9.33. The maximum atomic E-state index is 12.8. The van der Waals surface area contributed by atoms with Crippen LogP contribution in [0.4, 0.5) is 4.79 Å². The summed E-state index contributed by atoms with van der Waals surface area (Å²) < 4.78 is 17.3. The second-order valence-electron chi connectivity index (χ2n) is 13.6. The Morgan fingerprint density at radius 3 is 2.50 bits per heavy atom. The Labute approximate surface area is 237 Å². The van der Waals surface area contributed by atoms with Crippen molar-refractivity contribution < 1.29 is 28.9 Å². The molecule has 1 saturated heterocycles. The summed E-state index contributed by atoms with van der Waals surface area (Å²) in [5.74, 6) is 1.01. The van der Waals surface area contributed by atoms with E-state index < -0.39 is 23.8 Å². The van der Waals surface area contributed by atoms with E-state index in [0.717, 1.165) is 24.8 Å². The normalized spacial score (nSPS) is 32.0. The molecule has 0 amide bonds. The second-order valence-corrected chi connectivity index (χ2v) is 13.6. The maximum absolute atomic E-state index is 12.8. The molecule has 0 spiro atoms. The van der Waals surface area contributed by atoms with Crippen molar-refractivity contribution >= 4 is 12.1 Å². The topological polar surface area (TPSA) is 85.4 Å². The molecule has 2 heterocycles. The van der Waals surface area contributed by atoms with Gasteiger partial charge in [-0.15, -0.1) is 0 Å². The molecule has 2 aliphatic heterocycles. The molecule has 0 aromatic carbocycles. The zero-order valence-electron chi connectivity index (χ0n) is 26.7. The summed E-state index contributed by atoms with van der Waals surface area (Å²) in [6.07, 6.45) is 12.4. The second kappa shape index (κ2) is 14.5.